The van der Waals surface area contributed by atoms with Gasteiger partial charge in [0.15, 0.2) is 29.1 Å². The number of amides is 1. The van der Waals surface area contributed by atoms with Crippen LogP contribution in [0.2, 0.25) is 0 Å². The van der Waals surface area contributed by atoms with Gasteiger partial charge in [-0.25, -0.2) is 10.2 Å². The number of aliphatic carboxylic acids is 1. The van der Waals surface area contributed by atoms with Gasteiger partial charge in [0.1, 0.15) is 5.75 Å². The molecule has 200 valence electrons. The lowest BCUT2D eigenvalue weighted by atomic mass is 10.2. The number of carbonyl (C=O) groups excluding carboxylic acids is 1. The highest BCUT2D eigenvalue weighted by Gasteiger charge is 2.18. The molecule has 0 aliphatic heterocycles. The monoisotopic (exact) mass is 547 g/mol. The maximum Gasteiger partial charge on any atom is 0.341 e. The van der Waals surface area contributed by atoms with Gasteiger partial charge in [0.2, 0.25) is 0 Å². The zero-order chi connectivity index (χ0) is 27.6. The molecule has 0 bridgehead atoms. The number of hydrazone groups is 1. The minimum atomic E-state index is -1.09. The van der Waals surface area contributed by atoms with Gasteiger partial charge in [0, 0.05) is 16.8 Å². The first-order valence-corrected chi connectivity index (χ1v) is 12.6. The second kappa shape index (κ2) is 13.1. The summed E-state index contributed by atoms with van der Waals surface area (Å²) >= 11 is 1.20. The van der Waals surface area contributed by atoms with Crippen molar-refractivity contribution in [3.05, 3.63) is 78.4 Å². The van der Waals surface area contributed by atoms with Crippen LogP contribution in [-0.2, 0) is 9.59 Å². The summed E-state index contributed by atoms with van der Waals surface area (Å²) in [5, 5.41) is 22.0. The molecule has 0 atom stereocenters. The first-order chi connectivity index (χ1) is 19.0. The van der Waals surface area contributed by atoms with E-state index in [1.807, 2.05) is 47.0 Å². The van der Waals surface area contributed by atoms with Gasteiger partial charge >= 0.3 is 5.97 Å². The summed E-state index contributed by atoms with van der Waals surface area (Å²) in [5.74, 6) is 0.617. The fourth-order valence-electron chi connectivity index (χ4n) is 3.53. The van der Waals surface area contributed by atoms with Crippen LogP contribution < -0.4 is 19.6 Å². The molecule has 1 aromatic heterocycles. The SMILES string of the molecule is COc1ccc(-c2nnc(SCC(=O)N/N=C\c3ccccc3OCC(=O)O)n2-c2ccccc2)cc1OC. The third-order valence-corrected chi connectivity index (χ3v) is 6.21. The third-order valence-electron chi connectivity index (χ3n) is 5.28. The predicted molar refractivity (Wildman–Crippen MR) is 146 cm³/mol. The average Bonchev–Trinajstić information content (AvgIpc) is 3.39. The summed E-state index contributed by atoms with van der Waals surface area (Å²) in [6.45, 7) is -0.485. The summed E-state index contributed by atoms with van der Waals surface area (Å²) in [6.07, 6.45) is 1.39. The number of benzene rings is 3. The molecule has 11 nitrogen and oxygen atoms in total. The van der Waals surface area contributed by atoms with Gasteiger partial charge in [-0.05, 0) is 42.5 Å². The Hall–Kier alpha value is -4.84. The molecule has 0 aliphatic carbocycles. The molecule has 2 N–H and O–H groups in total. The van der Waals surface area contributed by atoms with E-state index in [0.29, 0.717) is 33.8 Å². The molecule has 3 aromatic carbocycles. The number of para-hydroxylation sites is 2. The van der Waals surface area contributed by atoms with Crippen molar-refractivity contribution in [1.29, 1.82) is 0 Å². The molecule has 0 spiro atoms. The Balaban J connectivity index is 1.49. The molecule has 4 rings (SSSR count). The number of carbonyl (C=O) groups is 2. The second-order valence-electron chi connectivity index (χ2n) is 7.85. The van der Waals surface area contributed by atoms with Crippen molar-refractivity contribution in [1.82, 2.24) is 20.2 Å². The molecule has 4 aromatic rings. The zero-order valence-corrected chi connectivity index (χ0v) is 21.9. The highest BCUT2D eigenvalue weighted by atomic mass is 32.2. The van der Waals surface area contributed by atoms with Crippen LogP contribution in [0.5, 0.6) is 17.2 Å². The molecule has 0 fully saturated rings. The maximum absolute atomic E-state index is 12.5. The van der Waals surface area contributed by atoms with Gasteiger partial charge in [-0.2, -0.15) is 5.10 Å². The number of ether oxygens (including phenoxy) is 3. The molecule has 0 saturated carbocycles. The maximum atomic E-state index is 12.5. The molecule has 0 unspecified atom stereocenters. The summed E-state index contributed by atoms with van der Waals surface area (Å²) in [4.78, 5) is 23.3. The van der Waals surface area contributed by atoms with E-state index in [1.165, 1.54) is 18.0 Å². The van der Waals surface area contributed by atoms with Crippen molar-refractivity contribution in [2.24, 2.45) is 5.10 Å². The minimum Gasteiger partial charge on any atom is -0.493 e. The van der Waals surface area contributed by atoms with Crippen LogP contribution in [0.4, 0.5) is 0 Å². The summed E-state index contributed by atoms with van der Waals surface area (Å²) in [7, 11) is 3.13. The molecule has 0 aliphatic rings. The van der Waals surface area contributed by atoms with E-state index in [4.69, 9.17) is 19.3 Å². The van der Waals surface area contributed by atoms with E-state index in [0.717, 1.165) is 11.3 Å². The van der Waals surface area contributed by atoms with Crippen LogP contribution in [0, 0.1) is 0 Å². The van der Waals surface area contributed by atoms with Crippen LogP contribution >= 0.6 is 11.8 Å². The number of thioether (sulfide) groups is 1. The van der Waals surface area contributed by atoms with Crippen LogP contribution in [-0.4, -0.2) is 64.5 Å². The van der Waals surface area contributed by atoms with E-state index < -0.39 is 12.6 Å². The lowest BCUT2D eigenvalue weighted by Gasteiger charge is -2.12. The summed E-state index contributed by atoms with van der Waals surface area (Å²) < 4.78 is 17.9. The quantitative estimate of drug-likeness (QED) is 0.155. The van der Waals surface area contributed by atoms with Gasteiger partial charge in [-0.3, -0.25) is 9.36 Å². The Bertz CT molecular complexity index is 1470. The van der Waals surface area contributed by atoms with Crippen LogP contribution in [0.3, 0.4) is 0 Å². The minimum absolute atomic E-state index is 0.0192. The number of carboxylic acid groups (broad SMARTS) is 1. The average molecular weight is 548 g/mol. The zero-order valence-electron chi connectivity index (χ0n) is 21.1. The highest BCUT2D eigenvalue weighted by Crippen LogP contribution is 2.34. The van der Waals surface area contributed by atoms with Gasteiger partial charge in [-0.1, -0.05) is 42.1 Å². The first-order valence-electron chi connectivity index (χ1n) is 11.6. The van der Waals surface area contributed by atoms with Crippen molar-refractivity contribution in [2.75, 3.05) is 26.6 Å². The predicted octanol–water partition coefficient (Wildman–Crippen LogP) is 3.66. The van der Waals surface area contributed by atoms with Crippen LogP contribution in [0.25, 0.3) is 17.1 Å². The van der Waals surface area contributed by atoms with E-state index in [9.17, 15) is 9.59 Å². The topological polar surface area (TPSA) is 137 Å². The van der Waals surface area contributed by atoms with Gasteiger partial charge in [0.25, 0.3) is 5.91 Å². The van der Waals surface area contributed by atoms with Crippen molar-refractivity contribution in [3.8, 4) is 34.3 Å². The molecular formula is C27H25N5O6S. The lowest BCUT2D eigenvalue weighted by Crippen LogP contribution is -2.20. The fourth-order valence-corrected chi connectivity index (χ4v) is 4.27. The normalized spacial score (nSPS) is 10.8. The Kier molecular flexibility index (Phi) is 9.14. The van der Waals surface area contributed by atoms with E-state index in [-0.39, 0.29) is 11.7 Å². The molecule has 12 heteroatoms. The van der Waals surface area contributed by atoms with E-state index in [2.05, 4.69) is 20.7 Å². The van der Waals surface area contributed by atoms with Crippen molar-refractivity contribution >= 4 is 29.9 Å². The smallest absolute Gasteiger partial charge is 0.341 e. The van der Waals surface area contributed by atoms with Crippen molar-refractivity contribution in [3.63, 3.8) is 0 Å². The molecule has 1 amide bonds. The standard InChI is InChI=1S/C27H25N5O6S/c1-36-22-13-12-18(14-23(22)37-2)26-30-31-27(32(26)20-9-4-3-5-10-20)39-17-24(33)29-28-15-19-8-6-7-11-21(19)38-16-25(34)35/h3-15H,16-17H2,1-2H3,(H,29,33)(H,34,35)/b28-15-. The summed E-state index contributed by atoms with van der Waals surface area (Å²) in [6, 6.07) is 21.8. The molecule has 0 saturated heterocycles. The number of hydrogen-bond acceptors (Lipinski definition) is 9. The Morgan fingerprint density at radius 2 is 1.72 bits per heavy atom. The number of nitrogens with zero attached hydrogens (tertiary/aromatic N) is 4. The van der Waals surface area contributed by atoms with Crippen molar-refractivity contribution in [2.45, 2.75) is 5.16 Å². The molecule has 39 heavy (non-hydrogen) atoms. The van der Waals surface area contributed by atoms with Gasteiger partial charge in [-0.15, -0.1) is 10.2 Å². The number of rotatable bonds is 12. The first kappa shape index (κ1) is 27.2. The largest absolute Gasteiger partial charge is 0.493 e. The highest BCUT2D eigenvalue weighted by molar-refractivity contribution is 7.99. The third kappa shape index (κ3) is 6.93. The molecular weight excluding hydrogens is 522 g/mol. The van der Waals surface area contributed by atoms with Crippen molar-refractivity contribution < 1.29 is 28.9 Å². The van der Waals surface area contributed by atoms with E-state index in [1.54, 1.807) is 44.6 Å². The number of carboxylic acids is 1. The van der Waals surface area contributed by atoms with Gasteiger partial charge in [0.05, 0.1) is 26.2 Å². The second-order valence-corrected chi connectivity index (χ2v) is 8.79. The lowest BCUT2D eigenvalue weighted by molar-refractivity contribution is -0.139. The molecule has 1 heterocycles. The Morgan fingerprint density at radius 3 is 2.46 bits per heavy atom. The molecule has 0 radical (unpaired) electrons. The van der Waals surface area contributed by atoms with Crippen LogP contribution in [0.15, 0.2) is 83.1 Å². The van der Waals surface area contributed by atoms with Gasteiger partial charge < -0.3 is 19.3 Å². The summed E-state index contributed by atoms with van der Waals surface area (Å²) in [5.41, 5.74) is 4.58. The Morgan fingerprint density at radius 1 is 0.974 bits per heavy atom. The van der Waals surface area contributed by atoms with E-state index >= 15 is 0 Å². The number of nitrogens with one attached hydrogen (secondary N) is 1. The Labute approximate surface area is 228 Å². The van der Waals surface area contributed by atoms with Crippen LogP contribution in [0.1, 0.15) is 5.56 Å². The number of methoxy groups -OCH3 is 2. The fraction of sp³-hybridized carbons (Fsp3) is 0.148. The number of aromatic nitrogens is 3. The number of hydrogen-bond donors (Lipinski definition) is 2.